The van der Waals surface area contributed by atoms with Gasteiger partial charge in [0, 0.05) is 64.0 Å². The molecule has 0 unspecified atom stereocenters. The highest BCUT2D eigenvalue weighted by Gasteiger charge is 2.22. The quantitative estimate of drug-likeness (QED) is 0.175. The van der Waals surface area contributed by atoms with E-state index in [4.69, 9.17) is 23.8 Å². The predicted molar refractivity (Wildman–Crippen MR) is 234 cm³/mol. The summed E-state index contributed by atoms with van der Waals surface area (Å²) < 4.78 is 15.4. The third-order valence-electron chi connectivity index (χ3n) is 10.9. The molecule has 266 valence electrons. The molecule has 4 aromatic heterocycles. The van der Waals surface area contributed by atoms with Crippen LogP contribution in [0.2, 0.25) is 0 Å². The minimum atomic E-state index is 0.642. The second-order valence-corrected chi connectivity index (χ2v) is 15.4. The third kappa shape index (κ3) is 5.12. The van der Waals surface area contributed by atoms with Crippen LogP contribution in [0.5, 0.6) is 0 Å². The standard InChI is InChI=1S/C51H29N3O2S/c1-3-13-30(14-4-1)49-52-50(31-15-5-2-6-16-31)54-51(53-49)39-21-11-20-38-46-37(19-12-24-45(46)57-48(38)39)41-28-33(27-40-35-18-8-10-23-43(35)56-47(40)41)32-25-26-36-34-17-7-9-22-42(34)55-44(36)29-32/h1-29H. The van der Waals surface area contributed by atoms with Crippen molar-refractivity contribution in [2.75, 3.05) is 0 Å². The van der Waals surface area contributed by atoms with E-state index in [2.05, 4.69) is 91.0 Å². The number of rotatable bonds is 5. The van der Waals surface area contributed by atoms with E-state index < -0.39 is 0 Å². The predicted octanol–water partition coefficient (Wildman–Crippen LogP) is 14.4. The molecule has 0 aliphatic rings. The lowest BCUT2D eigenvalue weighted by Crippen LogP contribution is -2.00. The van der Waals surface area contributed by atoms with Crippen LogP contribution in [0.25, 0.3) is 120 Å². The van der Waals surface area contributed by atoms with E-state index in [1.165, 1.54) is 10.1 Å². The Morgan fingerprint density at radius 2 is 0.947 bits per heavy atom. The molecule has 0 aliphatic heterocycles. The molecule has 0 N–H and O–H groups in total. The summed E-state index contributed by atoms with van der Waals surface area (Å²) in [7, 11) is 0. The molecule has 0 amide bonds. The lowest BCUT2D eigenvalue weighted by atomic mass is 9.93. The summed E-state index contributed by atoms with van der Waals surface area (Å²) in [6.45, 7) is 0. The van der Waals surface area contributed by atoms with Gasteiger partial charge < -0.3 is 8.83 Å². The minimum absolute atomic E-state index is 0.642. The molecule has 0 saturated heterocycles. The summed E-state index contributed by atoms with van der Waals surface area (Å²) in [5, 5.41) is 6.71. The zero-order valence-corrected chi connectivity index (χ0v) is 31.1. The summed E-state index contributed by atoms with van der Waals surface area (Å²) >= 11 is 1.77. The Morgan fingerprint density at radius 3 is 1.70 bits per heavy atom. The minimum Gasteiger partial charge on any atom is -0.456 e. The number of furan rings is 2. The molecule has 4 heterocycles. The molecule has 0 bridgehead atoms. The van der Waals surface area contributed by atoms with Crippen LogP contribution >= 0.6 is 11.3 Å². The second kappa shape index (κ2) is 12.6. The number of nitrogens with zero attached hydrogens (tertiary/aromatic N) is 3. The smallest absolute Gasteiger partial charge is 0.165 e. The van der Waals surface area contributed by atoms with Gasteiger partial charge in [-0.05, 0) is 65.2 Å². The zero-order valence-electron chi connectivity index (χ0n) is 30.3. The molecule has 0 atom stereocenters. The van der Waals surface area contributed by atoms with Crippen molar-refractivity contribution in [3.05, 3.63) is 176 Å². The van der Waals surface area contributed by atoms with Crippen molar-refractivity contribution in [1.82, 2.24) is 15.0 Å². The Hall–Kier alpha value is -7.41. The van der Waals surface area contributed by atoms with Gasteiger partial charge in [0.15, 0.2) is 17.5 Å². The second-order valence-electron chi connectivity index (χ2n) is 14.3. The summed E-state index contributed by atoms with van der Waals surface area (Å²) in [5.74, 6) is 1.93. The van der Waals surface area contributed by atoms with Crippen molar-refractivity contribution in [3.8, 4) is 56.4 Å². The van der Waals surface area contributed by atoms with Crippen molar-refractivity contribution in [2.24, 2.45) is 0 Å². The van der Waals surface area contributed by atoms with Crippen LogP contribution in [0.3, 0.4) is 0 Å². The monoisotopic (exact) mass is 747 g/mol. The fraction of sp³-hybridized carbons (Fsp3) is 0. The summed E-state index contributed by atoms with van der Waals surface area (Å²) in [5.41, 5.74) is 10.7. The average molecular weight is 748 g/mol. The highest BCUT2D eigenvalue weighted by molar-refractivity contribution is 7.26. The van der Waals surface area contributed by atoms with Crippen LogP contribution in [0.15, 0.2) is 185 Å². The highest BCUT2D eigenvalue weighted by atomic mass is 32.1. The lowest BCUT2D eigenvalue weighted by molar-refractivity contribution is 0.669. The van der Waals surface area contributed by atoms with Gasteiger partial charge in [-0.25, -0.2) is 15.0 Å². The van der Waals surface area contributed by atoms with Gasteiger partial charge in [-0.1, -0.05) is 127 Å². The number of hydrogen-bond acceptors (Lipinski definition) is 6. The summed E-state index contributed by atoms with van der Waals surface area (Å²) in [4.78, 5) is 15.2. The molecule has 0 aliphatic carbocycles. The Morgan fingerprint density at radius 1 is 0.351 bits per heavy atom. The maximum atomic E-state index is 6.74. The first-order valence-electron chi connectivity index (χ1n) is 18.9. The molecule has 0 fully saturated rings. The van der Waals surface area contributed by atoms with Gasteiger partial charge in [-0.3, -0.25) is 0 Å². The SMILES string of the molecule is c1ccc(-c2nc(-c3ccccc3)nc(-c3cccc4c3sc3cccc(-c5cc(-c6ccc7c(c6)oc6ccccc67)cc6c5oc5ccccc56)c34)n2)cc1. The highest BCUT2D eigenvalue weighted by Crippen LogP contribution is 2.47. The number of aromatic nitrogens is 3. The molecule has 5 nitrogen and oxygen atoms in total. The van der Waals surface area contributed by atoms with Crippen LogP contribution in [0.1, 0.15) is 0 Å². The molecule has 0 saturated carbocycles. The van der Waals surface area contributed by atoms with E-state index >= 15 is 0 Å². The lowest BCUT2D eigenvalue weighted by Gasteiger charge is -2.10. The molecule has 0 radical (unpaired) electrons. The fourth-order valence-electron chi connectivity index (χ4n) is 8.28. The van der Waals surface area contributed by atoms with Crippen LogP contribution in [-0.2, 0) is 0 Å². The van der Waals surface area contributed by atoms with Crippen LogP contribution < -0.4 is 0 Å². The number of hydrogen-bond donors (Lipinski definition) is 0. The average Bonchev–Trinajstić information content (AvgIpc) is 3.97. The van der Waals surface area contributed by atoms with E-state index in [0.29, 0.717) is 17.5 Å². The Kier molecular flexibility index (Phi) is 7.03. The molecular weight excluding hydrogens is 719 g/mol. The Balaban J connectivity index is 1.09. The normalized spacial score (nSPS) is 11.9. The topological polar surface area (TPSA) is 65.0 Å². The van der Waals surface area contributed by atoms with Gasteiger partial charge in [0.05, 0.1) is 0 Å². The van der Waals surface area contributed by atoms with E-state index in [-0.39, 0.29) is 0 Å². The molecule has 6 heteroatoms. The maximum absolute atomic E-state index is 6.74. The third-order valence-corrected chi connectivity index (χ3v) is 12.1. The fourth-order valence-corrected chi connectivity index (χ4v) is 9.51. The molecule has 8 aromatic carbocycles. The summed E-state index contributed by atoms with van der Waals surface area (Å²) in [6.07, 6.45) is 0. The largest absolute Gasteiger partial charge is 0.456 e. The molecular formula is C51H29N3O2S. The van der Waals surface area contributed by atoms with Gasteiger partial charge in [0.2, 0.25) is 0 Å². The van der Waals surface area contributed by atoms with Crippen molar-refractivity contribution >= 4 is 75.4 Å². The van der Waals surface area contributed by atoms with Crippen molar-refractivity contribution in [2.45, 2.75) is 0 Å². The molecule has 12 rings (SSSR count). The van der Waals surface area contributed by atoms with Gasteiger partial charge in [-0.15, -0.1) is 11.3 Å². The number of fused-ring (bicyclic) bond motifs is 9. The molecule has 0 spiro atoms. The number of para-hydroxylation sites is 2. The van der Waals surface area contributed by atoms with Gasteiger partial charge in [0.25, 0.3) is 0 Å². The van der Waals surface area contributed by atoms with E-state index in [1.54, 1.807) is 11.3 Å². The van der Waals surface area contributed by atoms with Crippen molar-refractivity contribution < 1.29 is 8.83 Å². The molecule has 12 aromatic rings. The van der Waals surface area contributed by atoms with Crippen LogP contribution in [-0.4, -0.2) is 15.0 Å². The first-order valence-corrected chi connectivity index (χ1v) is 19.7. The van der Waals surface area contributed by atoms with E-state index in [1.807, 2.05) is 84.9 Å². The van der Waals surface area contributed by atoms with Crippen LogP contribution in [0, 0.1) is 0 Å². The van der Waals surface area contributed by atoms with Crippen molar-refractivity contribution in [3.63, 3.8) is 0 Å². The summed E-state index contributed by atoms with van der Waals surface area (Å²) in [6, 6.07) is 60.9. The van der Waals surface area contributed by atoms with E-state index in [9.17, 15) is 0 Å². The van der Waals surface area contributed by atoms with E-state index in [0.717, 1.165) is 92.9 Å². The molecule has 57 heavy (non-hydrogen) atoms. The van der Waals surface area contributed by atoms with Gasteiger partial charge >= 0.3 is 0 Å². The van der Waals surface area contributed by atoms with Gasteiger partial charge in [-0.2, -0.15) is 0 Å². The first kappa shape index (κ1) is 31.9. The first-order chi connectivity index (χ1) is 28.2. The Labute approximate surface area is 330 Å². The number of benzene rings is 8. The maximum Gasteiger partial charge on any atom is 0.165 e. The van der Waals surface area contributed by atoms with Crippen LogP contribution in [0.4, 0.5) is 0 Å². The van der Waals surface area contributed by atoms with Gasteiger partial charge in [0.1, 0.15) is 22.3 Å². The number of thiophene rings is 1. The zero-order chi connectivity index (χ0) is 37.5. The van der Waals surface area contributed by atoms with Crippen molar-refractivity contribution in [1.29, 1.82) is 0 Å². The Bertz CT molecular complexity index is 3470.